The number of rotatable bonds is 7. The Kier molecular flexibility index (Phi) is 11.7. The first kappa shape index (κ1) is 42.9. The van der Waals surface area contributed by atoms with Crippen molar-refractivity contribution in [3.63, 3.8) is 0 Å². The van der Waals surface area contributed by atoms with E-state index < -0.39 is 22.9 Å². The molecule has 9 rings (SSSR count). The molecule has 7 heterocycles. The Labute approximate surface area is 369 Å². The second kappa shape index (κ2) is 16.9. The van der Waals surface area contributed by atoms with E-state index in [2.05, 4.69) is 101 Å². The second-order valence-electron chi connectivity index (χ2n) is 19.3. The molecule has 0 spiro atoms. The lowest BCUT2D eigenvalue weighted by atomic mass is 9.61. The molecule has 4 aliphatic heterocycles. The lowest BCUT2D eigenvalue weighted by Gasteiger charge is -2.43. The molecule has 15 heteroatoms. The zero-order valence-electron chi connectivity index (χ0n) is 37.5. The third kappa shape index (κ3) is 7.92. The number of hydrogen-bond donors (Lipinski definition) is 2. The number of hydrogen-bond acceptors (Lipinski definition) is 12. The Bertz CT molecular complexity index is 2350. The summed E-state index contributed by atoms with van der Waals surface area (Å²) in [5, 5.41) is 8.68. The minimum atomic E-state index is -0.850. The minimum absolute atomic E-state index is 0.0629. The SMILES string of the molecule is CCn1c(-c2cc(N3CCN(C)CC3)cnc2[C@H](C)OC)c2c3cc(ccc31)-c1csc(n1)C[C@H](NC(=O)[C@@]13CC[C@@H]1CN(C)C3)C(=O)N1CCC[C@H](N1)C(=O)OCC(C)(C)C2. The molecule has 4 fully saturated rings. The third-order valence-corrected chi connectivity index (χ3v) is 15.2. The molecule has 1 aromatic carbocycles. The van der Waals surface area contributed by atoms with Crippen LogP contribution in [0.2, 0.25) is 0 Å². The van der Waals surface area contributed by atoms with Gasteiger partial charge in [0, 0.05) is 98.7 Å². The molecule has 2 amide bonds. The van der Waals surface area contributed by atoms with Crippen molar-refractivity contribution in [3.8, 4) is 22.5 Å². The van der Waals surface area contributed by atoms with Gasteiger partial charge in [-0.1, -0.05) is 19.9 Å². The van der Waals surface area contributed by atoms with Crippen LogP contribution in [-0.2, 0) is 43.2 Å². The highest BCUT2D eigenvalue weighted by atomic mass is 32.1. The molecule has 6 bridgehead atoms. The quantitative estimate of drug-likeness (QED) is 0.235. The van der Waals surface area contributed by atoms with E-state index in [1.807, 2.05) is 6.20 Å². The van der Waals surface area contributed by atoms with Crippen LogP contribution in [0.1, 0.15) is 75.7 Å². The number of cyclic esters (lactones) is 1. The second-order valence-corrected chi connectivity index (χ2v) is 20.2. The van der Waals surface area contributed by atoms with Gasteiger partial charge in [0.1, 0.15) is 12.1 Å². The number of methoxy groups -OCH3 is 1. The molecule has 5 atom stereocenters. The smallest absolute Gasteiger partial charge is 0.324 e. The predicted octanol–water partition coefficient (Wildman–Crippen LogP) is 5.30. The molecule has 3 saturated heterocycles. The van der Waals surface area contributed by atoms with Gasteiger partial charge in [-0.15, -0.1) is 11.3 Å². The molecule has 1 aliphatic carbocycles. The summed E-state index contributed by atoms with van der Waals surface area (Å²) in [4.78, 5) is 59.9. The highest BCUT2D eigenvalue weighted by molar-refractivity contribution is 7.10. The predicted molar refractivity (Wildman–Crippen MR) is 242 cm³/mol. The first-order valence-electron chi connectivity index (χ1n) is 22.6. The summed E-state index contributed by atoms with van der Waals surface area (Å²) in [6.07, 6.45) is 5.61. The van der Waals surface area contributed by atoms with Crippen LogP contribution in [0.5, 0.6) is 0 Å². The van der Waals surface area contributed by atoms with Crippen molar-refractivity contribution in [3.05, 3.63) is 52.1 Å². The minimum Gasteiger partial charge on any atom is -0.464 e. The van der Waals surface area contributed by atoms with Crippen molar-refractivity contribution in [1.82, 2.24) is 40.1 Å². The number of carbonyl (C=O) groups excluding carboxylic acids is 3. The number of nitrogens with one attached hydrogen (secondary N) is 2. The van der Waals surface area contributed by atoms with E-state index in [9.17, 15) is 14.4 Å². The van der Waals surface area contributed by atoms with Crippen LogP contribution in [0.15, 0.2) is 35.8 Å². The largest absolute Gasteiger partial charge is 0.464 e. The average Bonchev–Trinajstić information content (AvgIpc) is 3.93. The number of fused-ring (bicyclic) bond motifs is 7. The number of aromatic nitrogens is 3. The van der Waals surface area contributed by atoms with Crippen LogP contribution >= 0.6 is 11.3 Å². The van der Waals surface area contributed by atoms with Gasteiger partial charge in [0.05, 0.1) is 52.1 Å². The van der Waals surface area contributed by atoms with Gasteiger partial charge in [0.25, 0.3) is 5.91 Å². The summed E-state index contributed by atoms with van der Waals surface area (Å²) >= 11 is 1.51. The van der Waals surface area contributed by atoms with Crippen molar-refractivity contribution in [2.45, 2.75) is 91.0 Å². The summed E-state index contributed by atoms with van der Waals surface area (Å²) in [5.41, 5.74) is 10.4. The van der Waals surface area contributed by atoms with Gasteiger partial charge in [-0.3, -0.25) is 24.4 Å². The maximum absolute atomic E-state index is 14.5. The Morgan fingerprint density at radius 2 is 1.90 bits per heavy atom. The highest BCUT2D eigenvalue weighted by Gasteiger charge is 2.57. The molecule has 14 nitrogen and oxygen atoms in total. The third-order valence-electron chi connectivity index (χ3n) is 14.3. The maximum atomic E-state index is 14.5. The van der Waals surface area contributed by atoms with Crippen LogP contribution < -0.4 is 15.6 Å². The number of carbonyl (C=O) groups is 3. The molecule has 0 unspecified atom stereocenters. The zero-order chi connectivity index (χ0) is 43.5. The summed E-state index contributed by atoms with van der Waals surface area (Å²) in [6, 6.07) is 7.35. The fraction of sp³-hybridized carbons (Fsp3) is 0.596. The van der Waals surface area contributed by atoms with Crippen LogP contribution in [0.3, 0.4) is 0 Å². The molecule has 3 aromatic heterocycles. The van der Waals surface area contributed by atoms with Gasteiger partial charge in [-0.2, -0.15) is 0 Å². The number of hydrazine groups is 1. The van der Waals surface area contributed by atoms with E-state index in [1.165, 1.54) is 16.3 Å². The van der Waals surface area contributed by atoms with E-state index in [4.69, 9.17) is 19.4 Å². The average molecular weight is 866 g/mol. The lowest BCUT2D eigenvalue weighted by molar-refractivity contribution is -0.156. The summed E-state index contributed by atoms with van der Waals surface area (Å²) in [6.45, 7) is 15.3. The van der Waals surface area contributed by atoms with E-state index in [1.54, 1.807) is 7.11 Å². The number of likely N-dealkylation sites (tertiary alicyclic amines) is 1. The first-order chi connectivity index (χ1) is 29.8. The molecule has 1 saturated carbocycles. The van der Waals surface area contributed by atoms with Crippen molar-refractivity contribution in [2.24, 2.45) is 16.7 Å². The Morgan fingerprint density at radius 3 is 2.63 bits per heavy atom. The number of esters is 1. The summed E-state index contributed by atoms with van der Waals surface area (Å²) < 4.78 is 14.6. The standard InChI is InChI=1S/C47H63N9O5S/c1-8-55-39-12-11-30-20-33(39)35(42(55)34-21-32(24-48-41(34)29(2)60-7)54-18-16-52(5)17-19-54)23-46(3,4)28-61-44(58)36-10-9-15-56(51-36)43(57)37(22-40-49-38(30)26-62-40)50-45(59)47-14-13-31(47)25-53(6)27-47/h11-12,20-21,24,26,29,31,36-37,51H,8-10,13-19,22-23,25,27-28H2,1-7H3,(H,50,59)/t29-,31+,36-,37-,47+/m0/s1. The number of likely N-dealkylation sites (N-methyl/N-ethyl adjacent to an activating group) is 1. The molecule has 62 heavy (non-hydrogen) atoms. The van der Waals surface area contributed by atoms with Crippen LogP contribution in [0.4, 0.5) is 5.69 Å². The zero-order valence-corrected chi connectivity index (χ0v) is 38.3. The number of anilines is 1. The monoisotopic (exact) mass is 865 g/mol. The molecule has 2 N–H and O–H groups in total. The number of nitrogens with zero attached hydrogens (tertiary/aromatic N) is 7. The molecule has 332 valence electrons. The Morgan fingerprint density at radius 1 is 1.10 bits per heavy atom. The van der Waals surface area contributed by atoms with Gasteiger partial charge in [-0.05, 0) is 89.7 Å². The van der Waals surface area contributed by atoms with Gasteiger partial charge in [0.2, 0.25) is 5.91 Å². The van der Waals surface area contributed by atoms with Crippen molar-refractivity contribution in [1.29, 1.82) is 0 Å². The topological polar surface area (TPSA) is 137 Å². The molecular weight excluding hydrogens is 803 g/mol. The maximum Gasteiger partial charge on any atom is 0.324 e. The number of benzene rings is 1. The van der Waals surface area contributed by atoms with Crippen LogP contribution in [0, 0.1) is 16.7 Å². The molecular formula is C47H63N9O5S. The van der Waals surface area contributed by atoms with Crippen molar-refractivity contribution < 1.29 is 23.9 Å². The van der Waals surface area contributed by atoms with E-state index in [-0.39, 0.29) is 36.9 Å². The highest BCUT2D eigenvalue weighted by Crippen LogP contribution is 2.52. The normalized spacial score (nSPS) is 26.5. The number of thiazole rings is 1. The first-order valence-corrected chi connectivity index (χ1v) is 23.5. The number of amides is 2. The van der Waals surface area contributed by atoms with Gasteiger partial charge < -0.3 is 34.1 Å². The van der Waals surface area contributed by atoms with Gasteiger partial charge >= 0.3 is 5.97 Å². The van der Waals surface area contributed by atoms with Crippen LogP contribution in [0.25, 0.3) is 33.4 Å². The molecule has 0 radical (unpaired) electrons. The summed E-state index contributed by atoms with van der Waals surface area (Å²) in [5.74, 6) is -0.418. The number of aryl methyl sites for hydroxylation is 1. The van der Waals surface area contributed by atoms with E-state index >= 15 is 0 Å². The van der Waals surface area contributed by atoms with Crippen molar-refractivity contribution in [2.75, 3.05) is 78.5 Å². The molecule has 4 aromatic rings. The number of piperazine rings is 1. The number of ether oxygens (including phenoxy) is 2. The van der Waals surface area contributed by atoms with E-state index in [0.29, 0.717) is 38.3 Å². The van der Waals surface area contributed by atoms with Crippen LogP contribution in [-0.4, -0.2) is 133 Å². The molecule has 5 aliphatic rings. The van der Waals surface area contributed by atoms with Crippen molar-refractivity contribution >= 4 is 45.7 Å². The summed E-state index contributed by atoms with van der Waals surface area (Å²) in [7, 11) is 5.96. The lowest BCUT2D eigenvalue weighted by Crippen LogP contribution is -2.62. The number of pyridine rings is 1. The van der Waals surface area contributed by atoms with E-state index in [0.717, 1.165) is 107 Å². The fourth-order valence-corrected chi connectivity index (χ4v) is 11.5. The Hall–Kier alpha value is -4.41. The van der Waals surface area contributed by atoms with Gasteiger partial charge in [-0.25, -0.2) is 10.4 Å². The van der Waals surface area contributed by atoms with Gasteiger partial charge in [0.15, 0.2) is 0 Å². The Balaban J connectivity index is 1.15. The fourth-order valence-electron chi connectivity index (χ4n) is 10.6.